The van der Waals surface area contributed by atoms with Crippen molar-refractivity contribution in [2.24, 2.45) is 0 Å². The van der Waals surface area contributed by atoms with Crippen LogP contribution in [0.5, 0.6) is 0 Å². The van der Waals surface area contributed by atoms with Gasteiger partial charge in [-0.1, -0.05) is 11.6 Å². The number of hydrogen-bond acceptors (Lipinski definition) is 3. The maximum absolute atomic E-state index is 13.1. The molecule has 0 aliphatic heterocycles. The SMILES string of the molecule is Cc1cc(F)cc(Nc2cc(Cl)ncn2)c1. The number of halogens is 2. The quantitative estimate of drug-likeness (QED) is 0.815. The summed E-state index contributed by atoms with van der Waals surface area (Å²) in [5.74, 6) is 0.243. The molecule has 0 saturated carbocycles. The molecule has 16 heavy (non-hydrogen) atoms. The van der Waals surface area contributed by atoms with Gasteiger partial charge >= 0.3 is 0 Å². The summed E-state index contributed by atoms with van der Waals surface area (Å²) in [5, 5.41) is 3.29. The minimum absolute atomic E-state index is 0.289. The first-order valence-electron chi connectivity index (χ1n) is 4.65. The van der Waals surface area contributed by atoms with Crippen LogP contribution in [-0.2, 0) is 0 Å². The number of nitrogens with one attached hydrogen (secondary N) is 1. The molecular weight excluding hydrogens is 229 g/mol. The van der Waals surface area contributed by atoms with Gasteiger partial charge in [-0.25, -0.2) is 14.4 Å². The lowest BCUT2D eigenvalue weighted by Crippen LogP contribution is -1.95. The molecule has 1 N–H and O–H groups in total. The third-order valence-corrected chi connectivity index (χ3v) is 2.15. The first-order chi connectivity index (χ1) is 7.63. The summed E-state index contributed by atoms with van der Waals surface area (Å²) in [5.41, 5.74) is 1.47. The van der Waals surface area contributed by atoms with Crippen molar-refractivity contribution in [3.05, 3.63) is 47.1 Å². The van der Waals surface area contributed by atoms with Crippen LogP contribution in [0.4, 0.5) is 15.9 Å². The van der Waals surface area contributed by atoms with E-state index in [0.717, 1.165) is 5.56 Å². The van der Waals surface area contributed by atoms with Crippen LogP contribution >= 0.6 is 11.6 Å². The van der Waals surface area contributed by atoms with Gasteiger partial charge in [-0.05, 0) is 30.7 Å². The largest absolute Gasteiger partial charge is 0.340 e. The van der Waals surface area contributed by atoms with E-state index in [2.05, 4.69) is 15.3 Å². The van der Waals surface area contributed by atoms with Gasteiger partial charge in [0.15, 0.2) is 0 Å². The summed E-state index contributed by atoms with van der Waals surface area (Å²) < 4.78 is 13.1. The minimum atomic E-state index is -0.289. The van der Waals surface area contributed by atoms with Crippen LogP contribution in [0.2, 0.25) is 5.15 Å². The molecule has 5 heteroatoms. The molecule has 0 unspecified atom stereocenters. The van der Waals surface area contributed by atoms with Crippen LogP contribution in [0.15, 0.2) is 30.6 Å². The fourth-order valence-electron chi connectivity index (χ4n) is 1.36. The number of aromatic nitrogens is 2. The van der Waals surface area contributed by atoms with E-state index in [4.69, 9.17) is 11.6 Å². The van der Waals surface area contributed by atoms with Crippen LogP contribution in [-0.4, -0.2) is 9.97 Å². The molecule has 3 nitrogen and oxygen atoms in total. The number of anilines is 2. The molecule has 0 aliphatic rings. The summed E-state index contributed by atoms with van der Waals surface area (Å²) in [7, 11) is 0. The fourth-order valence-corrected chi connectivity index (χ4v) is 1.51. The van der Waals surface area contributed by atoms with Crippen molar-refractivity contribution in [1.82, 2.24) is 9.97 Å². The van der Waals surface area contributed by atoms with Crippen molar-refractivity contribution in [2.75, 3.05) is 5.32 Å². The molecule has 0 bridgehead atoms. The molecule has 0 fully saturated rings. The Labute approximate surface area is 97.3 Å². The van der Waals surface area contributed by atoms with Gasteiger partial charge in [0.25, 0.3) is 0 Å². The van der Waals surface area contributed by atoms with E-state index >= 15 is 0 Å². The standard InChI is InChI=1S/C11H9ClFN3/c1-7-2-8(13)4-9(3-7)16-11-5-10(12)14-6-15-11/h2-6H,1H3,(H,14,15,16). The summed E-state index contributed by atoms with van der Waals surface area (Å²) in [6.45, 7) is 1.82. The molecule has 0 radical (unpaired) electrons. The zero-order chi connectivity index (χ0) is 11.5. The molecular formula is C11H9ClFN3. The monoisotopic (exact) mass is 237 g/mol. The summed E-state index contributed by atoms with van der Waals surface area (Å²) in [6.07, 6.45) is 1.34. The molecule has 0 amide bonds. The van der Waals surface area contributed by atoms with Crippen LogP contribution in [0, 0.1) is 12.7 Å². The Hall–Kier alpha value is -1.68. The van der Waals surface area contributed by atoms with Crippen molar-refractivity contribution in [3.63, 3.8) is 0 Å². The van der Waals surface area contributed by atoms with E-state index in [1.165, 1.54) is 18.5 Å². The molecule has 0 aliphatic carbocycles. The molecule has 82 valence electrons. The average Bonchev–Trinajstić information content (AvgIpc) is 2.15. The fraction of sp³-hybridized carbons (Fsp3) is 0.0909. The Kier molecular flexibility index (Phi) is 3.01. The van der Waals surface area contributed by atoms with Crippen molar-refractivity contribution >= 4 is 23.1 Å². The lowest BCUT2D eigenvalue weighted by atomic mass is 10.2. The van der Waals surface area contributed by atoms with Gasteiger partial charge in [-0.3, -0.25) is 0 Å². The maximum Gasteiger partial charge on any atom is 0.135 e. The maximum atomic E-state index is 13.1. The Balaban J connectivity index is 2.27. The van der Waals surface area contributed by atoms with E-state index in [-0.39, 0.29) is 5.82 Å². The molecule has 0 spiro atoms. The van der Waals surface area contributed by atoms with Gasteiger partial charge in [-0.2, -0.15) is 0 Å². The lowest BCUT2D eigenvalue weighted by molar-refractivity contribution is 0.627. The van der Waals surface area contributed by atoms with Crippen LogP contribution in [0.3, 0.4) is 0 Å². The second kappa shape index (κ2) is 4.45. The molecule has 0 atom stereocenters. The van der Waals surface area contributed by atoms with Gasteiger partial charge in [-0.15, -0.1) is 0 Å². The smallest absolute Gasteiger partial charge is 0.135 e. The highest BCUT2D eigenvalue weighted by Gasteiger charge is 2.00. The van der Waals surface area contributed by atoms with Crippen molar-refractivity contribution < 1.29 is 4.39 Å². The summed E-state index contributed by atoms with van der Waals surface area (Å²) in [6, 6.07) is 6.24. The Morgan fingerprint density at radius 2 is 2.00 bits per heavy atom. The Bertz CT molecular complexity index is 496. The van der Waals surface area contributed by atoms with Crippen LogP contribution in [0.1, 0.15) is 5.56 Å². The number of nitrogens with zero attached hydrogens (tertiary/aromatic N) is 2. The Morgan fingerprint density at radius 1 is 1.19 bits per heavy atom. The minimum Gasteiger partial charge on any atom is -0.340 e. The van der Waals surface area contributed by atoms with E-state index in [9.17, 15) is 4.39 Å². The highest BCUT2D eigenvalue weighted by atomic mass is 35.5. The van der Waals surface area contributed by atoms with E-state index in [1.807, 2.05) is 13.0 Å². The summed E-state index contributed by atoms with van der Waals surface area (Å²) >= 11 is 5.71. The highest BCUT2D eigenvalue weighted by molar-refractivity contribution is 6.29. The third-order valence-electron chi connectivity index (χ3n) is 1.95. The predicted molar refractivity (Wildman–Crippen MR) is 61.5 cm³/mol. The summed E-state index contributed by atoms with van der Waals surface area (Å²) in [4.78, 5) is 7.72. The topological polar surface area (TPSA) is 37.8 Å². The Morgan fingerprint density at radius 3 is 2.69 bits per heavy atom. The van der Waals surface area contributed by atoms with Crippen molar-refractivity contribution in [3.8, 4) is 0 Å². The lowest BCUT2D eigenvalue weighted by Gasteiger charge is -2.06. The number of hydrogen-bond donors (Lipinski definition) is 1. The molecule has 1 aromatic heterocycles. The van der Waals surface area contributed by atoms with Crippen LogP contribution in [0.25, 0.3) is 0 Å². The van der Waals surface area contributed by atoms with Gasteiger partial charge in [0.1, 0.15) is 23.1 Å². The van der Waals surface area contributed by atoms with E-state index < -0.39 is 0 Å². The second-order valence-electron chi connectivity index (χ2n) is 3.37. The molecule has 2 rings (SSSR count). The zero-order valence-electron chi connectivity index (χ0n) is 8.54. The van der Waals surface area contributed by atoms with Gasteiger partial charge in [0.05, 0.1) is 0 Å². The second-order valence-corrected chi connectivity index (χ2v) is 3.76. The number of aryl methyl sites for hydroxylation is 1. The van der Waals surface area contributed by atoms with Gasteiger partial charge < -0.3 is 5.32 Å². The normalized spacial score (nSPS) is 10.2. The van der Waals surface area contributed by atoms with Gasteiger partial charge in [0.2, 0.25) is 0 Å². The molecule has 1 heterocycles. The third kappa shape index (κ3) is 2.67. The molecule has 0 saturated heterocycles. The van der Waals surface area contributed by atoms with Crippen LogP contribution < -0.4 is 5.32 Å². The number of benzene rings is 1. The first-order valence-corrected chi connectivity index (χ1v) is 5.03. The molecule has 2 aromatic rings. The van der Waals surface area contributed by atoms with Crippen molar-refractivity contribution in [2.45, 2.75) is 6.92 Å². The average molecular weight is 238 g/mol. The highest BCUT2D eigenvalue weighted by Crippen LogP contribution is 2.18. The van der Waals surface area contributed by atoms with E-state index in [0.29, 0.717) is 16.7 Å². The zero-order valence-corrected chi connectivity index (χ0v) is 9.29. The molecule has 1 aromatic carbocycles. The van der Waals surface area contributed by atoms with Gasteiger partial charge in [0, 0.05) is 11.8 Å². The predicted octanol–water partition coefficient (Wildman–Crippen LogP) is 3.32. The van der Waals surface area contributed by atoms with Crippen molar-refractivity contribution in [1.29, 1.82) is 0 Å². The number of rotatable bonds is 2. The first kappa shape index (κ1) is 10.8. The van der Waals surface area contributed by atoms with E-state index in [1.54, 1.807) is 6.07 Å².